The summed E-state index contributed by atoms with van der Waals surface area (Å²) in [7, 11) is 0. The third-order valence-corrected chi connectivity index (χ3v) is 3.22. The average molecular weight is 253 g/mol. The molecule has 2 rings (SSSR count). The molecule has 0 aliphatic carbocycles. The topological polar surface area (TPSA) is 12.0 Å². The van der Waals surface area contributed by atoms with E-state index in [1.807, 2.05) is 30.3 Å². The van der Waals surface area contributed by atoms with Gasteiger partial charge in [-0.15, -0.1) is 11.8 Å². The average Bonchev–Trinajstić information content (AvgIpc) is 2.45. The lowest BCUT2D eigenvalue weighted by Crippen LogP contribution is -1.98. The first-order valence-corrected chi connectivity index (χ1v) is 7.03. The summed E-state index contributed by atoms with van der Waals surface area (Å²) in [6, 6.07) is 18.4. The van der Waals surface area contributed by atoms with Crippen molar-refractivity contribution in [1.29, 1.82) is 0 Å². The Morgan fingerprint density at radius 3 is 2.39 bits per heavy atom. The molecule has 0 radical (unpaired) electrons. The lowest BCUT2D eigenvalue weighted by molar-refractivity contribution is 1.35. The smallest absolute Gasteiger partial charge is 0.0769 e. The van der Waals surface area contributed by atoms with Crippen molar-refractivity contribution >= 4 is 17.4 Å². The lowest BCUT2D eigenvalue weighted by Gasteiger charge is -2.02. The fraction of sp³-hybridized carbons (Fsp3) is 0.125. The van der Waals surface area contributed by atoms with Crippen LogP contribution in [0.2, 0.25) is 0 Å². The minimum atomic E-state index is 0.660. The van der Waals surface area contributed by atoms with Gasteiger partial charge in [0.15, 0.2) is 0 Å². The minimum Gasteiger partial charge on any atom is -0.374 e. The van der Waals surface area contributed by atoms with Crippen molar-refractivity contribution in [3.05, 3.63) is 60.2 Å². The van der Waals surface area contributed by atoms with Gasteiger partial charge in [-0.25, -0.2) is 0 Å². The number of thioether (sulfide) groups is 1. The Morgan fingerprint density at radius 2 is 1.72 bits per heavy atom. The van der Waals surface area contributed by atoms with Crippen molar-refractivity contribution in [3.8, 4) is 11.8 Å². The fourth-order valence-electron chi connectivity index (χ4n) is 1.52. The Labute approximate surface area is 113 Å². The Balaban J connectivity index is 1.87. The van der Waals surface area contributed by atoms with Gasteiger partial charge in [-0.3, -0.25) is 0 Å². The van der Waals surface area contributed by atoms with Crippen LogP contribution < -0.4 is 5.32 Å². The second kappa shape index (κ2) is 6.78. The molecule has 0 aliphatic rings. The first kappa shape index (κ1) is 12.6. The van der Waals surface area contributed by atoms with Gasteiger partial charge in [0.2, 0.25) is 0 Å². The molecule has 0 unspecified atom stereocenters. The fourth-order valence-corrected chi connectivity index (χ4v) is 1.93. The molecule has 0 bridgehead atoms. The largest absolute Gasteiger partial charge is 0.374 e. The molecular weight excluding hydrogens is 238 g/mol. The first-order valence-electron chi connectivity index (χ1n) is 5.80. The molecule has 0 amide bonds. The van der Waals surface area contributed by atoms with Crippen LogP contribution in [0.25, 0.3) is 0 Å². The van der Waals surface area contributed by atoms with Crippen LogP contribution >= 0.6 is 11.8 Å². The Hall–Kier alpha value is -1.85. The monoisotopic (exact) mass is 253 g/mol. The van der Waals surface area contributed by atoms with Gasteiger partial charge in [-0.05, 0) is 42.7 Å². The number of hydrogen-bond acceptors (Lipinski definition) is 2. The van der Waals surface area contributed by atoms with E-state index in [1.54, 1.807) is 11.8 Å². The molecule has 0 saturated carbocycles. The summed E-state index contributed by atoms with van der Waals surface area (Å²) in [6.07, 6.45) is 2.08. The molecule has 0 heterocycles. The molecule has 2 heteroatoms. The number of benzene rings is 2. The van der Waals surface area contributed by atoms with Crippen molar-refractivity contribution in [2.75, 3.05) is 18.1 Å². The van der Waals surface area contributed by atoms with Gasteiger partial charge in [0.1, 0.15) is 0 Å². The summed E-state index contributed by atoms with van der Waals surface area (Å²) in [5.41, 5.74) is 2.16. The normalized spacial score (nSPS) is 9.39. The van der Waals surface area contributed by atoms with Gasteiger partial charge in [-0.2, -0.15) is 0 Å². The Morgan fingerprint density at radius 1 is 1.00 bits per heavy atom. The van der Waals surface area contributed by atoms with Crippen LogP contribution in [0.3, 0.4) is 0 Å². The van der Waals surface area contributed by atoms with E-state index in [9.17, 15) is 0 Å². The van der Waals surface area contributed by atoms with Crippen LogP contribution in [0, 0.1) is 11.8 Å². The van der Waals surface area contributed by atoms with Crippen molar-refractivity contribution < 1.29 is 0 Å². The zero-order valence-electron chi connectivity index (χ0n) is 10.3. The predicted molar refractivity (Wildman–Crippen MR) is 80.0 cm³/mol. The highest BCUT2D eigenvalue weighted by molar-refractivity contribution is 7.98. The van der Waals surface area contributed by atoms with Crippen LogP contribution in [0.4, 0.5) is 5.69 Å². The van der Waals surface area contributed by atoms with Crippen LogP contribution in [-0.2, 0) is 0 Å². The van der Waals surface area contributed by atoms with E-state index in [0.29, 0.717) is 6.54 Å². The summed E-state index contributed by atoms with van der Waals surface area (Å²) in [5, 5.41) is 3.28. The Kier molecular flexibility index (Phi) is 4.75. The molecule has 2 aromatic carbocycles. The van der Waals surface area contributed by atoms with Crippen molar-refractivity contribution in [2.45, 2.75) is 4.90 Å². The zero-order chi connectivity index (χ0) is 12.6. The predicted octanol–water partition coefficient (Wildman–Crippen LogP) is 3.87. The molecule has 90 valence electrons. The molecule has 0 aromatic heterocycles. The van der Waals surface area contributed by atoms with Gasteiger partial charge >= 0.3 is 0 Å². The molecule has 2 aromatic rings. The van der Waals surface area contributed by atoms with E-state index in [2.05, 4.69) is 47.7 Å². The molecule has 0 atom stereocenters. The standard InChI is InChI=1S/C16H15NS/c1-18-16-11-9-15(10-12-16)17-13-5-8-14-6-3-2-4-7-14/h2-4,6-7,9-12,17H,13H2,1H3. The van der Waals surface area contributed by atoms with Gasteiger partial charge < -0.3 is 5.32 Å². The van der Waals surface area contributed by atoms with Crippen LogP contribution in [0.5, 0.6) is 0 Å². The molecule has 1 nitrogen and oxygen atoms in total. The van der Waals surface area contributed by atoms with Crippen LogP contribution in [0.1, 0.15) is 5.56 Å². The maximum atomic E-state index is 3.28. The highest BCUT2D eigenvalue weighted by Crippen LogP contribution is 2.17. The number of rotatable bonds is 3. The van der Waals surface area contributed by atoms with Gasteiger partial charge in [0.05, 0.1) is 6.54 Å². The summed E-state index contributed by atoms with van der Waals surface area (Å²) in [4.78, 5) is 1.27. The van der Waals surface area contributed by atoms with E-state index >= 15 is 0 Å². The molecular formula is C16H15NS. The second-order valence-corrected chi connectivity index (χ2v) is 4.63. The summed E-state index contributed by atoms with van der Waals surface area (Å²) >= 11 is 1.75. The molecule has 18 heavy (non-hydrogen) atoms. The maximum absolute atomic E-state index is 3.28. The second-order valence-electron chi connectivity index (χ2n) is 3.75. The van der Waals surface area contributed by atoms with E-state index in [0.717, 1.165) is 11.3 Å². The molecule has 0 aliphatic heterocycles. The van der Waals surface area contributed by atoms with E-state index in [-0.39, 0.29) is 0 Å². The van der Waals surface area contributed by atoms with E-state index in [4.69, 9.17) is 0 Å². The third kappa shape index (κ3) is 3.87. The highest BCUT2D eigenvalue weighted by atomic mass is 32.2. The molecule has 1 N–H and O–H groups in total. The van der Waals surface area contributed by atoms with Crippen molar-refractivity contribution in [1.82, 2.24) is 0 Å². The van der Waals surface area contributed by atoms with Gasteiger partial charge in [-0.1, -0.05) is 30.0 Å². The number of hydrogen-bond donors (Lipinski definition) is 1. The third-order valence-electron chi connectivity index (χ3n) is 2.48. The molecule has 0 fully saturated rings. The first-order chi connectivity index (χ1) is 8.88. The van der Waals surface area contributed by atoms with E-state index in [1.165, 1.54) is 4.90 Å². The molecule has 0 spiro atoms. The van der Waals surface area contributed by atoms with Gasteiger partial charge in [0, 0.05) is 16.1 Å². The van der Waals surface area contributed by atoms with Crippen LogP contribution in [0.15, 0.2) is 59.5 Å². The van der Waals surface area contributed by atoms with Crippen molar-refractivity contribution in [3.63, 3.8) is 0 Å². The molecule has 0 saturated heterocycles. The number of anilines is 1. The summed E-state index contributed by atoms with van der Waals surface area (Å²) in [5.74, 6) is 6.23. The summed E-state index contributed by atoms with van der Waals surface area (Å²) < 4.78 is 0. The highest BCUT2D eigenvalue weighted by Gasteiger charge is 1.91. The Bertz CT molecular complexity index is 535. The SMILES string of the molecule is CSc1ccc(NCC#Cc2ccccc2)cc1. The van der Waals surface area contributed by atoms with E-state index < -0.39 is 0 Å². The quantitative estimate of drug-likeness (QED) is 0.658. The maximum Gasteiger partial charge on any atom is 0.0769 e. The lowest BCUT2D eigenvalue weighted by atomic mass is 10.2. The summed E-state index contributed by atoms with van der Waals surface area (Å²) in [6.45, 7) is 0.660. The van der Waals surface area contributed by atoms with Gasteiger partial charge in [0.25, 0.3) is 0 Å². The number of nitrogens with one attached hydrogen (secondary N) is 1. The van der Waals surface area contributed by atoms with Crippen LogP contribution in [-0.4, -0.2) is 12.8 Å². The minimum absolute atomic E-state index is 0.660. The van der Waals surface area contributed by atoms with Crippen molar-refractivity contribution in [2.24, 2.45) is 0 Å². The zero-order valence-corrected chi connectivity index (χ0v) is 11.1.